The number of aromatic nitrogens is 2. The molecule has 0 bridgehead atoms. The van der Waals surface area contributed by atoms with E-state index in [0.717, 1.165) is 83.8 Å². The van der Waals surface area contributed by atoms with Crippen LogP contribution in [0.4, 0.5) is 5.95 Å². The maximum Gasteiger partial charge on any atom is 0.252 e. The van der Waals surface area contributed by atoms with Crippen LogP contribution in [-0.2, 0) is 0 Å². The predicted molar refractivity (Wildman–Crippen MR) is 161 cm³/mol. The maximum atomic E-state index is 12.7. The number of piperazine rings is 1. The van der Waals surface area contributed by atoms with Crippen LogP contribution in [0, 0.1) is 6.92 Å². The van der Waals surface area contributed by atoms with Crippen molar-refractivity contribution in [3.63, 3.8) is 0 Å². The third-order valence-electron chi connectivity index (χ3n) is 6.80. The number of fused-ring (bicyclic) bond motifs is 1. The second-order valence-corrected chi connectivity index (χ2v) is 10.8. The zero-order valence-electron chi connectivity index (χ0n) is 21.5. The summed E-state index contributed by atoms with van der Waals surface area (Å²) in [6.45, 7) is 9.69. The van der Waals surface area contributed by atoms with Crippen molar-refractivity contribution in [1.29, 1.82) is 0 Å². The van der Waals surface area contributed by atoms with Crippen LogP contribution in [0.2, 0.25) is 0 Å². The Bertz CT molecular complexity index is 1190. The molecule has 204 valence electrons. The number of nitrogens with zero attached hydrogens (tertiary/aromatic N) is 4. The largest absolute Gasteiger partial charge is 0.354 e. The number of thiophene rings is 1. The van der Waals surface area contributed by atoms with Crippen LogP contribution in [-0.4, -0.2) is 77.5 Å². The van der Waals surface area contributed by atoms with Crippen LogP contribution in [0.1, 0.15) is 42.1 Å². The summed E-state index contributed by atoms with van der Waals surface area (Å²) < 4.78 is 1.10. The molecule has 1 amide bonds. The number of likely N-dealkylation sites (N-methyl/N-ethyl adjacent to an activating group) is 1. The van der Waals surface area contributed by atoms with E-state index in [0.29, 0.717) is 18.0 Å². The van der Waals surface area contributed by atoms with Crippen molar-refractivity contribution in [2.75, 3.05) is 45.1 Å². The van der Waals surface area contributed by atoms with Crippen molar-refractivity contribution in [3.8, 4) is 10.6 Å². The van der Waals surface area contributed by atoms with Gasteiger partial charge in [0.25, 0.3) is 5.91 Å². The van der Waals surface area contributed by atoms with Gasteiger partial charge in [0.2, 0.25) is 5.95 Å². The molecule has 3 aromatic rings. The summed E-state index contributed by atoms with van der Waals surface area (Å²) in [6.07, 6.45) is 5.11. The first-order valence-corrected chi connectivity index (χ1v) is 13.1. The van der Waals surface area contributed by atoms with Crippen LogP contribution in [0.15, 0.2) is 30.5 Å². The van der Waals surface area contributed by atoms with Crippen molar-refractivity contribution >= 4 is 70.5 Å². The number of hydrogen-bond acceptors (Lipinski definition) is 7. The van der Waals surface area contributed by atoms with Crippen molar-refractivity contribution in [3.05, 3.63) is 41.6 Å². The van der Waals surface area contributed by atoms with Crippen molar-refractivity contribution < 1.29 is 4.79 Å². The van der Waals surface area contributed by atoms with E-state index in [-0.39, 0.29) is 43.1 Å². The fourth-order valence-corrected chi connectivity index (χ4v) is 5.78. The van der Waals surface area contributed by atoms with Gasteiger partial charge in [0, 0.05) is 66.7 Å². The summed E-state index contributed by atoms with van der Waals surface area (Å²) in [7, 11) is 2.20. The molecule has 1 aliphatic heterocycles. The van der Waals surface area contributed by atoms with E-state index < -0.39 is 0 Å². The van der Waals surface area contributed by atoms with E-state index in [4.69, 9.17) is 4.98 Å². The number of carbonyl (C=O) groups is 1. The van der Waals surface area contributed by atoms with Gasteiger partial charge in [-0.05, 0) is 63.9 Å². The molecule has 1 aromatic carbocycles. The number of benzene rings is 1. The molecule has 2 aliphatic rings. The van der Waals surface area contributed by atoms with Crippen LogP contribution in [0.3, 0.4) is 0 Å². The summed E-state index contributed by atoms with van der Waals surface area (Å²) in [4.78, 5) is 28.1. The van der Waals surface area contributed by atoms with Gasteiger partial charge in [-0.3, -0.25) is 9.69 Å². The molecule has 3 heterocycles. The van der Waals surface area contributed by atoms with Crippen molar-refractivity contribution in [1.82, 2.24) is 25.1 Å². The standard InChI is InChI=1S/C26H34N6OS.3ClH/c1-17-15-28-26(27-10-5-11-32-13-12-31(3)16-18(32)2)30-24(17)23-14-21-20(6-4-7-22(21)34-23)25(33)29-19-8-9-19;;;/h4,6-7,14-15,18-19H,5,8-13,16H2,1-3H3,(H,29,33)(H,27,28,30);3*1H/t18-;;;/m1.../s1. The van der Waals surface area contributed by atoms with Crippen LogP contribution in [0.5, 0.6) is 0 Å². The highest BCUT2D eigenvalue weighted by Gasteiger charge is 2.25. The summed E-state index contributed by atoms with van der Waals surface area (Å²) >= 11 is 1.68. The smallest absolute Gasteiger partial charge is 0.252 e. The summed E-state index contributed by atoms with van der Waals surface area (Å²) in [5.41, 5.74) is 2.71. The minimum absolute atomic E-state index is 0. The van der Waals surface area contributed by atoms with Crippen molar-refractivity contribution in [2.24, 2.45) is 0 Å². The number of amides is 1. The van der Waals surface area contributed by atoms with E-state index in [9.17, 15) is 4.79 Å². The molecular weight excluding hydrogens is 551 g/mol. The fraction of sp³-hybridized carbons (Fsp3) is 0.500. The van der Waals surface area contributed by atoms with Gasteiger partial charge in [-0.1, -0.05) is 6.07 Å². The van der Waals surface area contributed by atoms with Gasteiger partial charge in [0.15, 0.2) is 0 Å². The van der Waals surface area contributed by atoms with Gasteiger partial charge in [-0.25, -0.2) is 9.97 Å². The first-order chi connectivity index (χ1) is 16.5. The van der Waals surface area contributed by atoms with E-state index in [1.807, 2.05) is 25.3 Å². The average Bonchev–Trinajstić information content (AvgIpc) is 3.52. The average molecular weight is 588 g/mol. The lowest BCUT2D eigenvalue weighted by molar-refractivity contribution is 0.0952. The normalized spacial score (nSPS) is 17.9. The molecule has 0 unspecified atom stereocenters. The van der Waals surface area contributed by atoms with E-state index in [1.54, 1.807) is 11.3 Å². The number of nitrogens with one attached hydrogen (secondary N) is 2. The third kappa shape index (κ3) is 7.68. The Kier molecular flexibility index (Phi) is 11.9. The number of carbonyl (C=O) groups excluding carboxylic acids is 1. The Hall–Kier alpha value is -1.68. The Labute approximate surface area is 242 Å². The molecule has 1 saturated heterocycles. The second-order valence-electron chi connectivity index (χ2n) is 9.73. The van der Waals surface area contributed by atoms with E-state index in [1.165, 1.54) is 0 Å². The second kappa shape index (κ2) is 13.9. The lowest BCUT2D eigenvalue weighted by Gasteiger charge is -2.38. The SMILES string of the molecule is Cc1cnc(NCCCN2CCN(C)C[C@H]2C)nc1-c1cc2c(C(=O)NC3CC3)cccc2s1.Cl.Cl.Cl. The van der Waals surface area contributed by atoms with Gasteiger partial charge in [0.05, 0.1) is 10.6 Å². The summed E-state index contributed by atoms with van der Waals surface area (Å²) in [6, 6.07) is 9.01. The highest BCUT2D eigenvalue weighted by atomic mass is 35.5. The third-order valence-corrected chi connectivity index (χ3v) is 7.90. The number of aryl methyl sites for hydroxylation is 1. The monoisotopic (exact) mass is 586 g/mol. The van der Waals surface area contributed by atoms with Gasteiger partial charge >= 0.3 is 0 Å². The van der Waals surface area contributed by atoms with Gasteiger partial charge in [-0.15, -0.1) is 48.6 Å². The van der Waals surface area contributed by atoms with E-state index in [2.05, 4.69) is 51.5 Å². The van der Waals surface area contributed by atoms with Gasteiger partial charge in [0.1, 0.15) is 0 Å². The number of halogens is 3. The quantitative estimate of drug-likeness (QED) is 0.350. The first-order valence-electron chi connectivity index (χ1n) is 12.3. The number of anilines is 1. The molecule has 5 rings (SSSR count). The molecule has 11 heteroatoms. The van der Waals surface area contributed by atoms with Gasteiger partial charge < -0.3 is 15.5 Å². The molecular formula is C26H37Cl3N6OS. The highest BCUT2D eigenvalue weighted by molar-refractivity contribution is 7.22. The van der Waals surface area contributed by atoms with Crippen molar-refractivity contribution in [2.45, 2.75) is 45.2 Å². The zero-order valence-corrected chi connectivity index (χ0v) is 24.8. The Balaban J connectivity index is 0.00000160. The minimum atomic E-state index is 0. The van der Waals surface area contributed by atoms with Crippen LogP contribution >= 0.6 is 48.6 Å². The molecule has 0 spiro atoms. The first kappa shape index (κ1) is 31.5. The maximum absolute atomic E-state index is 12.7. The fourth-order valence-electron chi connectivity index (χ4n) is 4.63. The number of rotatable bonds is 8. The number of hydrogen-bond donors (Lipinski definition) is 2. The summed E-state index contributed by atoms with van der Waals surface area (Å²) in [5.74, 6) is 0.685. The summed E-state index contributed by atoms with van der Waals surface area (Å²) in [5, 5.41) is 7.53. The predicted octanol–water partition coefficient (Wildman–Crippen LogP) is 5.26. The van der Waals surface area contributed by atoms with Crippen LogP contribution in [0.25, 0.3) is 20.7 Å². The molecule has 2 N–H and O–H groups in total. The Morgan fingerprint density at radius 2 is 1.97 bits per heavy atom. The minimum Gasteiger partial charge on any atom is -0.354 e. The lowest BCUT2D eigenvalue weighted by Crippen LogP contribution is -2.50. The Morgan fingerprint density at radius 1 is 1.19 bits per heavy atom. The highest BCUT2D eigenvalue weighted by Crippen LogP contribution is 2.36. The lowest BCUT2D eigenvalue weighted by atomic mass is 10.1. The zero-order chi connectivity index (χ0) is 23.7. The molecule has 37 heavy (non-hydrogen) atoms. The molecule has 2 fully saturated rings. The molecule has 0 radical (unpaired) electrons. The Morgan fingerprint density at radius 3 is 2.70 bits per heavy atom. The molecule has 2 aromatic heterocycles. The topological polar surface area (TPSA) is 73.4 Å². The van der Waals surface area contributed by atoms with Gasteiger partial charge in [-0.2, -0.15) is 0 Å². The molecule has 1 aliphatic carbocycles. The van der Waals surface area contributed by atoms with Crippen LogP contribution < -0.4 is 10.6 Å². The molecule has 1 atom stereocenters. The van der Waals surface area contributed by atoms with E-state index >= 15 is 0 Å². The molecule has 1 saturated carbocycles. The molecule has 7 nitrogen and oxygen atoms in total.